The van der Waals surface area contributed by atoms with Gasteiger partial charge in [-0.2, -0.15) is 0 Å². The third kappa shape index (κ3) is 70.3. The van der Waals surface area contributed by atoms with Crippen molar-refractivity contribution in [3.05, 3.63) is 0 Å². The van der Waals surface area contributed by atoms with Gasteiger partial charge in [-0.05, 0) is 0 Å². The van der Waals surface area contributed by atoms with Crippen LogP contribution in [0.3, 0.4) is 0 Å². The minimum absolute atomic E-state index is 0. The Morgan fingerprint density at radius 1 is 0.207 bits per heavy atom. The molecule has 0 spiro atoms. The molecule has 0 aromatic rings. The first-order chi connectivity index (χ1) is 15.6. The molecule has 0 aliphatic heterocycles. The summed E-state index contributed by atoms with van der Waals surface area (Å²) < 4.78 is 88.3. The van der Waals surface area contributed by atoms with Crippen molar-refractivity contribution in [3.8, 4) is 0 Å². The Hall–Kier alpha value is 12.3. The van der Waals surface area contributed by atoms with Gasteiger partial charge in [0, 0.05) is 0 Å². The van der Waals surface area contributed by atoms with E-state index in [0.29, 0.717) is 0 Å². The van der Waals surface area contributed by atoms with E-state index >= 15 is 0 Å². The average molecular weight is 1100 g/mol. The van der Waals surface area contributed by atoms with Crippen molar-refractivity contribution in [1.29, 1.82) is 0 Å². The minimum atomic E-state index is -6.68. The van der Waals surface area contributed by atoms with E-state index in [4.69, 9.17) is 0 Å². The Kier molecular flexibility index (Phi) is 154. The van der Waals surface area contributed by atoms with Gasteiger partial charge >= 0.3 is 355 Å². The van der Waals surface area contributed by atoms with E-state index in [0.717, 1.165) is 0 Å². The summed E-state index contributed by atoms with van der Waals surface area (Å²) in [5.41, 5.74) is 0. The number of hydrogen-bond acceptors (Lipinski definition) is 24. The topological polar surface area (TPSA) is 750 Å². The second-order valence-corrected chi connectivity index (χ2v) is 12.7. The summed E-state index contributed by atoms with van der Waals surface area (Å²) in [6, 6.07) is 0. The van der Waals surface area contributed by atoms with Crippen molar-refractivity contribution in [3.63, 3.8) is 0 Å². The molecule has 1 saturated carbocycles. The zero-order valence-electron chi connectivity index (χ0n) is 32.9. The fourth-order valence-corrected chi connectivity index (χ4v) is 5.96. The predicted molar refractivity (Wildman–Crippen MR) is 111 cm³/mol. The van der Waals surface area contributed by atoms with Crippen molar-refractivity contribution in [2.24, 2.45) is 0 Å². The van der Waals surface area contributed by atoms with Crippen molar-refractivity contribution < 1.29 is 523 Å². The Labute approximate surface area is 593 Å². The monoisotopic (exact) mass is 1100 g/mol. The molecule has 0 aromatic carbocycles. The van der Waals surface area contributed by atoms with Gasteiger partial charge in [0.25, 0.3) is 0 Å². The van der Waals surface area contributed by atoms with E-state index in [1.54, 1.807) is 0 Å². The third-order valence-electron chi connectivity index (χ3n) is 3.45. The fourth-order valence-electron chi connectivity index (χ4n) is 2.74. The Bertz CT molecular complexity index is 866. The van der Waals surface area contributed by atoms with Crippen LogP contribution < -0.4 is 413 Å². The van der Waals surface area contributed by atoms with Crippen LogP contribution in [0.4, 0.5) is 0 Å². The molecule has 0 aromatic heterocycles. The quantitative estimate of drug-likeness (QED) is 0.129. The molecule has 20 N–H and O–H groups in total. The maximum atomic E-state index is 11.1. The van der Waals surface area contributed by atoms with Crippen molar-refractivity contribution in [2.45, 2.75) is 36.6 Å². The van der Waals surface area contributed by atoms with Crippen LogP contribution in [-0.4, -0.2) is 91.4 Å². The first-order valence-electron chi connectivity index (χ1n) is 7.80. The van der Waals surface area contributed by atoms with Crippen molar-refractivity contribution in [1.82, 2.24) is 0 Å². The smallest absolute Gasteiger partial charge is 0.790 e. The number of rotatable bonds is 12. The third-order valence-corrected chi connectivity index (χ3v) is 6.46. The second-order valence-electron chi connectivity index (χ2n) is 6.10. The van der Waals surface area contributed by atoms with Gasteiger partial charge in [-0.15, -0.1) is 0 Å². The Balaban J connectivity index is -0.0000000295. The maximum absolute atomic E-state index is 11.1. The predicted octanol–water partition coefficient (Wildman–Crippen LogP) is -54.9. The first-order valence-corrected chi connectivity index (χ1v) is 16.6. The van der Waals surface area contributed by atoms with E-state index in [2.05, 4.69) is 27.1 Å². The number of hydrogen-bond donors (Lipinski definition) is 0. The fraction of sp³-hybridized carbons (Fsp3) is 1.00. The molecule has 34 nitrogen and oxygen atoms in total. The van der Waals surface area contributed by atoms with Crippen LogP contribution in [0.2, 0.25) is 0 Å². The van der Waals surface area contributed by atoms with Crippen molar-refractivity contribution >= 4 is 46.9 Å². The van der Waals surface area contributed by atoms with Gasteiger partial charge in [-0.3, -0.25) is 0 Å². The zero-order valence-corrected chi connectivity index (χ0v) is 62.3. The molecule has 0 heterocycles. The molecule has 1 rings (SSSR count). The molecule has 1 fully saturated rings. The van der Waals surface area contributed by atoms with Crippen LogP contribution in [0.25, 0.3) is 0 Å². The SMILES string of the molecule is O.O.O.O.O.O.O.O.O.O.O=P([O-])([O-])O[C@H]1[C@H](OP(=O)([O-])[O-])[C@@H](OP(=O)([O-])[O-])[C@H](OP(=O)([O-])[O-])[C@@H](OP(=O)([O-])[O-])[C@H]1OP(=O)([O-])[O-].[Na+].[Na+].[Na+].[Na+].[Na+].[Na+].[Na+].[Na+].[Na+].[Na+].[Na+].[Na+]. The number of phosphoric acid groups is 6. The molecule has 296 valence electrons. The van der Waals surface area contributed by atoms with Gasteiger partial charge in [0.1, 0.15) is 36.6 Å². The molecule has 58 heavy (non-hydrogen) atoms. The molecule has 0 atom stereocenters. The molecule has 0 radical (unpaired) electrons. The van der Waals surface area contributed by atoms with E-state index in [9.17, 15) is 86.1 Å². The number of phosphoric ester groups is 6. The molecule has 1 aliphatic carbocycles. The van der Waals surface area contributed by atoms with Crippen LogP contribution in [-0.2, 0) is 54.5 Å². The van der Waals surface area contributed by atoms with Crippen LogP contribution in [0.15, 0.2) is 0 Å². The van der Waals surface area contributed by atoms with Gasteiger partial charge < -0.3 is 168 Å². The molecular formula is C6H26Na12O34P6. The summed E-state index contributed by atoms with van der Waals surface area (Å²) in [5, 5.41) is 0. The van der Waals surface area contributed by atoms with Gasteiger partial charge in [0.05, 0.1) is 46.9 Å². The van der Waals surface area contributed by atoms with Crippen LogP contribution in [0, 0.1) is 0 Å². The van der Waals surface area contributed by atoms with Gasteiger partial charge in [-0.25, -0.2) is 0 Å². The molecule has 0 bridgehead atoms. The molecule has 0 saturated heterocycles. The zero-order chi connectivity index (χ0) is 28.7. The largest absolute Gasteiger partial charge is 1.00 e. The van der Waals surface area contributed by atoms with Crippen LogP contribution in [0.1, 0.15) is 0 Å². The molecule has 1 aliphatic rings. The van der Waals surface area contributed by atoms with E-state index in [1.807, 2.05) is 0 Å². The van der Waals surface area contributed by atoms with E-state index < -0.39 is 83.6 Å². The van der Waals surface area contributed by atoms with E-state index in [-0.39, 0.29) is 409 Å². The molecular weight excluding hydrogens is 1080 g/mol. The summed E-state index contributed by atoms with van der Waals surface area (Å²) >= 11 is 0. The molecule has 0 amide bonds. The van der Waals surface area contributed by atoms with Crippen LogP contribution >= 0.6 is 46.9 Å². The molecule has 52 heteroatoms. The summed E-state index contributed by atoms with van der Waals surface area (Å²) in [6.07, 6.45) is -21.5. The summed E-state index contributed by atoms with van der Waals surface area (Å²) in [6.45, 7) is 0. The normalized spacial score (nSPS) is 18.2. The van der Waals surface area contributed by atoms with Gasteiger partial charge in [-0.1, -0.05) is 0 Å². The van der Waals surface area contributed by atoms with Crippen molar-refractivity contribution in [2.75, 3.05) is 0 Å². The minimum Gasteiger partial charge on any atom is -0.790 e. The van der Waals surface area contributed by atoms with Gasteiger partial charge in [0.15, 0.2) is 0 Å². The van der Waals surface area contributed by atoms with E-state index in [1.165, 1.54) is 0 Å². The Morgan fingerprint density at radius 3 is 0.293 bits per heavy atom. The standard InChI is InChI=1S/C6H18O24P6.12Na.10H2O/c7-31(8,9)25-1-2(26-32(10,11)12)4(28-34(16,17)18)6(30-36(22,23)24)5(29-35(19,20)21)3(1)27-33(13,14)15;;;;;;;;;;;;;;;;;;;;;;/h1-6H,(H2,7,8,9)(H2,10,11,12)(H2,13,14,15)(H2,16,17,18)(H2,19,20,21)(H2,22,23,24);;;;;;;;;;;;;10*1H2/q;12*+1;;;;;;;;;;/p-12/t1-,2-,3-,4+,5-,6-;;;;;;;;;;;;;;;;;;;;;;. The van der Waals surface area contributed by atoms with Crippen LogP contribution in [0.5, 0.6) is 0 Å². The summed E-state index contributed by atoms with van der Waals surface area (Å²) in [4.78, 5) is 133. The first kappa shape index (κ1) is 145. The second kappa shape index (κ2) is 61.8. The average Bonchev–Trinajstić information content (AvgIpc) is 2.51. The van der Waals surface area contributed by atoms with Gasteiger partial charge in [0.2, 0.25) is 0 Å². The maximum Gasteiger partial charge on any atom is 1.00 e. The molecule has 0 unspecified atom stereocenters. The summed E-state index contributed by atoms with van der Waals surface area (Å²) in [7, 11) is -40.1. The Morgan fingerprint density at radius 2 is 0.259 bits per heavy atom. The summed E-state index contributed by atoms with van der Waals surface area (Å²) in [5.74, 6) is 0.